The summed E-state index contributed by atoms with van der Waals surface area (Å²) in [6.07, 6.45) is 0. The molecule has 1 amide bonds. The van der Waals surface area contributed by atoms with Gasteiger partial charge < -0.3 is 10.6 Å². The van der Waals surface area contributed by atoms with Crippen molar-refractivity contribution >= 4 is 29.8 Å². The Bertz CT molecular complexity index is 578. The second-order valence-electron chi connectivity index (χ2n) is 5.01. The van der Waals surface area contributed by atoms with E-state index in [2.05, 4.69) is 21.7 Å². The van der Waals surface area contributed by atoms with Crippen molar-refractivity contribution in [3.8, 4) is 0 Å². The maximum atomic E-state index is 12.3. The smallest absolute Gasteiger partial charge is 0.275 e. The highest BCUT2D eigenvalue weighted by Gasteiger charge is 2.36. The Kier molecular flexibility index (Phi) is 5.27. The van der Waals surface area contributed by atoms with Crippen molar-refractivity contribution in [1.29, 1.82) is 0 Å². The molecule has 5 nitrogen and oxygen atoms in total. The van der Waals surface area contributed by atoms with Gasteiger partial charge in [0.1, 0.15) is 0 Å². The van der Waals surface area contributed by atoms with Gasteiger partial charge in [0.25, 0.3) is 5.91 Å². The van der Waals surface area contributed by atoms with Gasteiger partial charge in [0.05, 0.1) is 0 Å². The van der Waals surface area contributed by atoms with Gasteiger partial charge in [-0.15, -0.1) is 17.5 Å². The average molecular weight is 325 g/mol. The minimum Gasteiger partial charge on any atom is -0.336 e. The van der Waals surface area contributed by atoms with Crippen molar-refractivity contribution in [3.63, 3.8) is 0 Å². The predicted molar refractivity (Wildman–Crippen MR) is 84.8 cm³/mol. The van der Waals surface area contributed by atoms with Gasteiger partial charge in [-0.05, 0) is 29.6 Å². The number of nitrogens with two attached hydrogens (primary N) is 1. The van der Waals surface area contributed by atoms with E-state index < -0.39 is 0 Å². The summed E-state index contributed by atoms with van der Waals surface area (Å²) in [6, 6.07) is 10.3. The number of hydrogen-bond donors (Lipinski definition) is 1. The first kappa shape index (κ1) is 15.9. The average Bonchev–Trinajstić information content (AvgIpc) is 3.17. The summed E-state index contributed by atoms with van der Waals surface area (Å²) in [5, 5.41) is 5.55. The third-order valence-electron chi connectivity index (χ3n) is 3.84. The number of benzene rings is 1. The summed E-state index contributed by atoms with van der Waals surface area (Å²) in [6.45, 7) is 1.97. The maximum absolute atomic E-state index is 12.3. The van der Waals surface area contributed by atoms with E-state index in [0.29, 0.717) is 37.2 Å². The number of amides is 1. The van der Waals surface area contributed by atoms with Gasteiger partial charge in [-0.2, -0.15) is 0 Å². The first-order valence-electron chi connectivity index (χ1n) is 6.61. The first-order valence-corrected chi connectivity index (χ1v) is 7.44. The molecule has 2 atom stereocenters. The number of nitrogens with zero attached hydrogens (tertiary/aromatic N) is 3. The summed E-state index contributed by atoms with van der Waals surface area (Å²) >= 11 is 1.20. The van der Waals surface area contributed by atoms with Gasteiger partial charge >= 0.3 is 0 Å². The Hall–Kier alpha value is -1.50. The molecule has 2 N–H and O–H groups in total. The molecule has 1 aromatic heterocycles. The van der Waals surface area contributed by atoms with Gasteiger partial charge in [0, 0.05) is 24.4 Å². The Labute approximate surface area is 133 Å². The lowest BCUT2D eigenvalue weighted by atomic mass is 9.89. The third kappa shape index (κ3) is 3.23. The van der Waals surface area contributed by atoms with Crippen LogP contribution in [0.15, 0.2) is 35.7 Å². The van der Waals surface area contributed by atoms with E-state index in [4.69, 9.17) is 5.73 Å². The number of halogens is 1. The summed E-state index contributed by atoms with van der Waals surface area (Å²) in [5.74, 6) is 0.556. The standard InChI is InChI=1S/C14H16N4OS.ClH/c15-6-11-7-18(14(19)13-9-20-17-16-13)8-12(11)10-4-2-1-3-5-10;/h1-5,9,11-12H,6-8,15H2;1H/t11-,12+;/m1./s1. The SMILES string of the molecule is Cl.NC[C@@H]1CN(C(=O)c2csnn2)C[C@H]1c1ccccc1. The zero-order valence-corrected chi connectivity index (χ0v) is 13.0. The molecule has 0 bridgehead atoms. The minimum absolute atomic E-state index is 0. The van der Waals surface area contributed by atoms with Gasteiger partial charge in [0.15, 0.2) is 5.69 Å². The number of rotatable bonds is 3. The number of likely N-dealkylation sites (tertiary alicyclic amines) is 1. The quantitative estimate of drug-likeness (QED) is 0.934. The van der Waals surface area contributed by atoms with Gasteiger partial charge in [0.2, 0.25) is 0 Å². The van der Waals surface area contributed by atoms with Crippen LogP contribution in [0.3, 0.4) is 0 Å². The molecule has 1 aliphatic rings. The fourth-order valence-electron chi connectivity index (χ4n) is 2.77. The minimum atomic E-state index is -0.0457. The zero-order chi connectivity index (χ0) is 13.9. The van der Waals surface area contributed by atoms with Crippen molar-refractivity contribution < 1.29 is 4.79 Å². The lowest BCUT2D eigenvalue weighted by Gasteiger charge is -2.16. The molecule has 0 radical (unpaired) electrons. The van der Waals surface area contributed by atoms with E-state index in [1.54, 1.807) is 5.38 Å². The van der Waals surface area contributed by atoms with Crippen molar-refractivity contribution in [3.05, 3.63) is 47.0 Å². The van der Waals surface area contributed by atoms with Crippen LogP contribution in [0.4, 0.5) is 0 Å². The van der Waals surface area contributed by atoms with E-state index in [9.17, 15) is 4.79 Å². The monoisotopic (exact) mass is 324 g/mol. The Morgan fingerprint density at radius 3 is 2.71 bits per heavy atom. The normalized spacial score (nSPS) is 21.1. The van der Waals surface area contributed by atoms with Crippen LogP contribution in [0.2, 0.25) is 0 Å². The molecule has 112 valence electrons. The van der Waals surface area contributed by atoms with Crippen molar-refractivity contribution in [2.75, 3.05) is 19.6 Å². The molecule has 1 saturated heterocycles. The second kappa shape index (κ2) is 6.98. The summed E-state index contributed by atoms with van der Waals surface area (Å²) in [7, 11) is 0. The third-order valence-corrected chi connectivity index (χ3v) is 4.34. The zero-order valence-electron chi connectivity index (χ0n) is 11.4. The van der Waals surface area contributed by atoms with E-state index in [1.807, 2.05) is 23.1 Å². The predicted octanol–water partition coefficient (Wildman–Crippen LogP) is 1.77. The van der Waals surface area contributed by atoms with Gasteiger partial charge in [-0.3, -0.25) is 4.79 Å². The van der Waals surface area contributed by atoms with Gasteiger partial charge in [-0.25, -0.2) is 0 Å². The topological polar surface area (TPSA) is 72.1 Å². The highest BCUT2D eigenvalue weighted by Crippen LogP contribution is 2.32. The van der Waals surface area contributed by atoms with Crippen molar-refractivity contribution in [1.82, 2.24) is 14.5 Å². The van der Waals surface area contributed by atoms with Crippen LogP contribution in [0.5, 0.6) is 0 Å². The van der Waals surface area contributed by atoms with E-state index in [0.717, 1.165) is 0 Å². The molecule has 0 aliphatic carbocycles. The molecule has 2 aromatic rings. The van der Waals surface area contributed by atoms with Crippen LogP contribution in [0, 0.1) is 5.92 Å². The molecule has 21 heavy (non-hydrogen) atoms. The molecule has 1 aliphatic heterocycles. The number of carbonyl (C=O) groups excluding carboxylic acids is 1. The van der Waals surface area contributed by atoms with Crippen LogP contribution in [0.1, 0.15) is 22.0 Å². The van der Waals surface area contributed by atoms with Crippen molar-refractivity contribution in [2.45, 2.75) is 5.92 Å². The van der Waals surface area contributed by atoms with Crippen molar-refractivity contribution in [2.24, 2.45) is 11.7 Å². The molecule has 1 aromatic carbocycles. The van der Waals surface area contributed by atoms with Crippen LogP contribution in [-0.2, 0) is 0 Å². The fraction of sp³-hybridized carbons (Fsp3) is 0.357. The Morgan fingerprint density at radius 2 is 2.10 bits per heavy atom. The highest BCUT2D eigenvalue weighted by molar-refractivity contribution is 7.03. The second-order valence-corrected chi connectivity index (χ2v) is 5.62. The fourth-order valence-corrected chi connectivity index (χ4v) is 3.20. The summed E-state index contributed by atoms with van der Waals surface area (Å²) in [5.41, 5.74) is 7.55. The summed E-state index contributed by atoms with van der Waals surface area (Å²) < 4.78 is 3.75. The van der Waals surface area contributed by atoms with Crippen LogP contribution in [0.25, 0.3) is 0 Å². The molecule has 3 rings (SSSR count). The molecule has 7 heteroatoms. The van der Waals surface area contributed by atoms with E-state index in [-0.39, 0.29) is 18.3 Å². The first-order chi connectivity index (χ1) is 9.79. The number of aromatic nitrogens is 2. The lowest BCUT2D eigenvalue weighted by molar-refractivity contribution is 0.0780. The van der Waals surface area contributed by atoms with Crippen LogP contribution < -0.4 is 5.73 Å². The number of hydrogen-bond acceptors (Lipinski definition) is 5. The molecule has 0 unspecified atom stereocenters. The van der Waals surface area contributed by atoms with Crippen LogP contribution >= 0.6 is 23.9 Å². The molecular weight excluding hydrogens is 308 g/mol. The molecule has 2 heterocycles. The van der Waals surface area contributed by atoms with Gasteiger partial charge in [-0.1, -0.05) is 34.8 Å². The van der Waals surface area contributed by atoms with E-state index in [1.165, 1.54) is 17.1 Å². The molecule has 0 saturated carbocycles. The maximum Gasteiger partial charge on any atom is 0.275 e. The Balaban J connectivity index is 0.00000161. The highest BCUT2D eigenvalue weighted by atomic mass is 35.5. The summed E-state index contributed by atoms with van der Waals surface area (Å²) in [4.78, 5) is 14.2. The molecular formula is C14H17ClN4OS. The molecule has 1 fully saturated rings. The lowest BCUT2D eigenvalue weighted by Crippen LogP contribution is -2.30. The Morgan fingerprint density at radius 1 is 1.33 bits per heavy atom. The molecule has 0 spiro atoms. The van der Waals surface area contributed by atoms with E-state index >= 15 is 0 Å². The number of carbonyl (C=O) groups is 1. The van der Waals surface area contributed by atoms with Crippen LogP contribution in [-0.4, -0.2) is 40.0 Å². The largest absolute Gasteiger partial charge is 0.336 e.